The molecule has 0 amide bonds. The van der Waals surface area contributed by atoms with Crippen LogP contribution in [0.15, 0.2) is 12.2 Å². The third-order valence-electron chi connectivity index (χ3n) is 6.65. The van der Waals surface area contributed by atoms with Gasteiger partial charge in [0.1, 0.15) is 0 Å². The third kappa shape index (κ3) is 29.2. The molecule has 0 aromatic rings. The lowest BCUT2D eigenvalue weighted by Gasteiger charge is -2.05. The minimum Gasteiger partial charge on any atom is -0.466 e. The van der Waals surface area contributed by atoms with Gasteiger partial charge >= 0.3 is 5.97 Å². The molecule has 0 N–H and O–H groups in total. The lowest BCUT2D eigenvalue weighted by Crippen LogP contribution is -2.05. The normalized spacial score (nSPS) is 11.5. The van der Waals surface area contributed by atoms with E-state index in [1.807, 2.05) is 0 Å². The second-order valence-electron chi connectivity index (χ2n) is 10.1. The number of hydrogen-bond donors (Lipinski definition) is 0. The summed E-state index contributed by atoms with van der Waals surface area (Å²) < 4.78 is 5.36. The predicted molar refractivity (Wildman–Crippen MR) is 147 cm³/mol. The number of unbranched alkanes of at least 4 members (excludes halogenated alkanes) is 21. The summed E-state index contributed by atoms with van der Waals surface area (Å²) in [7, 11) is 0. The Hall–Kier alpha value is -0.790. The molecular weight excluding hydrogens is 404 g/mol. The van der Waals surface area contributed by atoms with Gasteiger partial charge in [-0.15, -0.1) is 0 Å². The Morgan fingerprint density at radius 2 is 0.848 bits per heavy atom. The van der Waals surface area contributed by atoms with Gasteiger partial charge in [-0.3, -0.25) is 4.79 Å². The first-order valence-corrected chi connectivity index (χ1v) is 15.1. The van der Waals surface area contributed by atoms with Gasteiger partial charge in [0, 0.05) is 6.42 Å². The Morgan fingerprint density at radius 3 is 1.30 bits per heavy atom. The van der Waals surface area contributed by atoms with Gasteiger partial charge in [-0.05, 0) is 38.5 Å². The molecule has 0 saturated heterocycles. The maximum absolute atomic E-state index is 11.8. The van der Waals surface area contributed by atoms with Gasteiger partial charge in [0.2, 0.25) is 0 Å². The Balaban J connectivity index is 3.17. The second kappa shape index (κ2) is 29.2. The van der Waals surface area contributed by atoms with Crippen LogP contribution in [0.5, 0.6) is 0 Å². The van der Waals surface area contributed by atoms with E-state index in [2.05, 4.69) is 26.0 Å². The number of ether oxygens (including phenoxy) is 1. The zero-order chi connectivity index (χ0) is 24.1. The fourth-order valence-corrected chi connectivity index (χ4v) is 4.36. The van der Waals surface area contributed by atoms with Crippen LogP contribution in [0.3, 0.4) is 0 Å². The molecule has 0 aliphatic rings. The van der Waals surface area contributed by atoms with Crippen LogP contribution in [0.1, 0.15) is 174 Å². The van der Waals surface area contributed by atoms with Gasteiger partial charge in [0.05, 0.1) is 6.61 Å². The molecule has 0 heterocycles. The van der Waals surface area contributed by atoms with E-state index in [0.29, 0.717) is 13.0 Å². The molecule has 0 atom stereocenters. The molecule has 2 nitrogen and oxygen atoms in total. The molecule has 2 heteroatoms. The maximum Gasteiger partial charge on any atom is 0.305 e. The van der Waals surface area contributed by atoms with Crippen LogP contribution in [0.25, 0.3) is 0 Å². The minimum absolute atomic E-state index is 0.0157. The van der Waals surface area contributed by atoms with Crippen molar-refractivity contribution in [3.05, 3.63) is 12.2 Å². The van der Waals surface area contributed by atoms with E-state index >= 15 is 0 Å². The first kappa shape index (κ1) is 32.2. The summed E-state index contributed by atoms with van der Waals surface area (Å²) in [5, 5.41) is 0. The van der Waals surface area contributed by atoms with Crippen LogP contribution in [-0.4, -0.2) is 12.6 Å². The van der Waals surface area contributed by atoms with E-state index in [1.54, 1.807) is 0 Å². The molecule has 0 aliphatic carbocycles. The molecule has 0 spiro atoms. The Bertz CT molecular complexity index is 402. The van der Waals surface area contributed by atoms with Crippen molar-refractivity contribution in [1.29, 1.82) is 0 Å². The monoisotopic (exact) mass is 464 g/mol. The van der Waals surface area contributed by atoms with Crippen LogP contribution in [0, 0.1) is 0 Å². The summed E-state index contributed by atoms with van der Waals surface area (Å²) in [6.07, 6.45) is 36.9. The molecule has 0 saturated carbocycles. The molecule has 0 aromatic carbocycles. The fourth-order valence-electron chi connectivity index (χ4n) is 4.36. The Labute approximate surface area is 208 Å². The van der Waals surface area contributed by atoms with Crippen molar-refractivity contribution in [2.75, 3.05) is 6.61 Å². The zero-order valence-electron chi connectivity index (χ0n) is 22.9. The molecule has 196 valence electrons. The average Bonchev–Trinajstić information content (AvgIpc) is 2.82. The number of esters is 1. The highest BCUT2D eigenvalue weighted by molar-refractivity contribution is 5.69. The number of carbonyl (C=O) groups is 1. The van der Waals surface area contributed by atoms with Crippen LogP contribution in [0.2, 0.25) is 0 Å². The van der Waals surface area contributed by atoms with Gasteiger partial charge in [0.25, 0.3) is 0 Å². The first-order chi connectivity index (χ1) is 16.3. The van der Waals surface area contributed by atoms with Gasteiger partial charge in [-0.1, -0.05) is 142 Å². The molecule has 0 fully saturated rings. The molecule has 0 radical (unpaired) electrons. The van der Waals surface area contributed by atoms with E-state index in [1.165, 1.54) is 141 Å². The van der Waals surface area contributed by atoms with E-state index in [-0.39, 0.29) is 5.97 Å². The quantitative estimate of drug-likeness (QED) is 0.0686. The highest BCUT2D eigenvalue weighted by Gasteiger charge is 2.02. The van der Waals surface area contributed by atoms with Crippen molar-refractivity contribution in [3.63, 3.8) is 0 Å². The van der Waals surface area contributed by atoms with Crippen molar-refractivity contribution < 1.29 is 9.53 Å². The van der Waals surface area contributed by atoms with Crippen molar-refractivity contribution >= 4 is 5.97 Å². The Morgan fingerprint density at radius 1 is 0.485 bits per heavy atom. The number of rotatable bonds is 27. The summed E-state index contributed by atoms with van der Waals surface area (Å²) >= 11 is 0. The highest BCUT2D eigenvalue weighted by atomic mass is 16.5. The lowest BCUT2D eigenvalue weighted by molar-refractivity contribution is -0.143. The zero-order valence-corrected chi connectivity index (χ0v) is 22.9. The highest BCUT2D eigenvalue weighted by Crippen LogP contribution is 2.13. The fraction of sp³-hybridized carbons (Fsp3) is 0.903. The number of carbonyl (C=O) groups excluding carboxylic acids is 1. The van der Waals surface area contributed by atoms with Crippen LogP contribution in [-0.2, 0) is 9.53 Å². The van der Waals surface area contributed by atoms with Gasteiger partial charge < -0.3 is 4.74 Å². The maximum atomic E-state index is 11.8. The standard InChI is InChI=1S/C31H60O2/c1-3-5-7-9-11-12-13-14-15-16-17-18-19-20-21-22-23-25-27-29-31(32)33-30-28-26-24-10-8-6-4-2/h14-15H,3-13,16-30H2,1-2H3. The predicted octanol–water partition coefficient (Wildman–Crippen LogP) is 10.9. The largest absolute Gasteiger partial charge is 0.466 e. The average molecular weight is 465 g/mol. The van der Waals surface area contributed by atoms with Crippen molar-refractivity contribution in [1.82, 2.24) is 0 Å². The summed E-state index contributed by atoms with van der Waals surface area (Å²) in [5.74, 6) is 0.0157. The summed E-state index contributed by atoms with van der Waals surface area (Å²) in [6.45, 7) is 5.16. The van der Waals surface area contributed by atoms with E-state index in [0.717, 1.165) is 12.8 Å². The lowest BCUT2D eigenvalue weighted by atomic mass is 10.1. The van der Waals surface area contributed by atoms with Crippen molar-refractivity contribution in [2.24, 2.45) is 0 Å². The van der Waals surface area contributed by atoms with Gasteiger partial charge in [-0.2, -0.15) is 0 Å². The van der Waals surface area contributed by atoms with E-state index < -0.39 is 0 Å². The smallest absolute Gasteiger partial charge is 0.305 e. The first-order valence-electron chi connectivity index (χ1n) is 15.1. The van der Waals surface area contributed by atoms with Crippen LogP contribution >= 0.6 is 0 Å². The van der Waals surface area contributed by atoms with Crippen LogP contribution < -0.4 is 0 Å². The van der Waals surface area contributed by atoms with E-state index in [4.69, 9.17) is 4.74 Å². The Kier molecular flexibility index (Phi) is 28.5. The van der Waals surface area contributed by atoms with Gasteiger partial charge in [-0.25, -0.2) is 0 Å². The second-order valence-corrected chi connectivity index (χ2v) is 10.1. The molecule has 33 heavy (non-hydrogen) atoms. The van der Waals surface area contributed by atoms with Gasteiger partial charge in [0.15, 0.2) is 0 Å². The van der Waals surface area contributed by atoms with Crippen LogP contribution in [0.4, 0.5) is 0 Å². The molecule has 0 rings (SSSR count). The minimum atomic E-state index is 0.0157. The van der Waals surface area contributed by atoms with Crippen molar-refractivity contribution in [3.8, 4) is 0 Å². The molecular formula is C31H60O2. The van der Waals surface area contributed by atoms with E-state index in [9.17, 15) is 4.79 Å². The topological polar surface area (TPSA) is 26.3 Å². The summed E-state index contributed by atoms with van der Waals surface area (Å²) in [4.78, 5) is 11.8. The number of allylic oxidation sites excluding steroid dienone is 2. The molecule has 0 aromatic heterocycles. The molecule has 0 bridgehead atoms. The SMILES string of the molecule is CCCCCCCCC=CCCCCCCCCCCCC(=O)OCCCCCCCCC. The summed E-state index contributed by atoms with van der Waals surface area (Å²) in [6, 6.07) is 0. The number of hydrogen-bond acceptors (Lipinski definition) is 2. The molecule has 0 aliphatic heterocycles. The van der Waals surface area contributed by atoms with Crippen molar-refractivity contribution in [2.45, 2.75) is 174 Å². The third-order valence-corrected chi connectivity index (χ3v) is 6.65. The summed E-state index contributed by atoms with van der Waals surface area (Å²) in [5.41, 5.74) is 0. The molecule has 0 unspecified atom stereocenters.